The molecule has 5 rings (SSSR count). The Kier molecular flexibility index (Phi) is 5.70. The summed E-state index contributed by atoms with van der Waals surface area (Å²) in [6.45, 7) is 3.32. The molecule has 2 heterocycles. The zero-order chi connectivity index (χ0) is 22.1. The van der Waals surface area contributed by atoms with Crippen LogP contribution in [0.5, 0.6) is 0 Å². The normalized spacial score (nSPS) is 18.9. The Labute approximate surface area is 186 Å². The molecule has 166 valence electrons. The van der Waals surface area contributed by atoms with E-state index in [-0.39, 0.29) is 17.8 Å². The summed E-state index contributed by atoms with van der Waals surface area (Å²) in [5.41, 5.74) is 2.34. The number of rotatable bonds is 6. The summed E-state index contributed by atoms with van der Waals surface area (Å²) in [6, 6.07) is 16.9. The quantitative estimate of drug-likeness (QED) is 0.415. The molecule has 1 amide bonds. The average Bonchev–Trinajstić information content (AvgIpc) is 3.42. The Morgan fingerprint density at radius 1 is 1.16 bits per heavy atom. The Morgan fingerprint density at radius 2 is 2.03 bits per heavy atom. The highest BCUT2D eigenvalue weighted by Crippen LogP contribution is 2.26. The summed E-state index contributed by atoms with van der Waals surface area (Å²) in [7, 11) is 0. The van der Waals surface area contributed by atoms with E-state index in [2.05, 4.69) is 10.3 Å². The minimum absolute atomic E-state index is 0.0636. The lowest BCUT2D eigenvalue weighted by Gasteiger charge is -2.37. The number of amides is 1. The van der Waals surface area contributed by atoms with Crippen molar-refractivity contribution in [2.45, 2.75) is 51.2 Å². The van der Waals surface area contributed by atoms with Crippen LogP contribution in [0.15, 0.2) is 59.0 Å². The van der Waals surface area contributed by atoms with Gasteiger partial charge in [-0.05, 0) is 69.0 Å². The molecule has 0 radical (unpaired) electrons. The molecule has 1 aliphatic rings. The second-order valence-electron chi connectivity index (χ2n) is 8.65. The van der Waals surface area contributed by atoms with E-state index >= 15 is 0 Å². The van der Waals surface area contributed by atoms with Crippen LogP contribution in [-0.2, 0) is 6.54 Å². The highest BCUT2D eigenvalue weighted by Gasteiger charge is 2.30. The molecular formula is C26H28FN3O2. The lowest BCUT2D eigenvalue weighted by atomic mass is 9.89. The molecule has 32 heavy (non-hydrogen) atoms. The SMILES string of the molecule is CCN(C(=O)c1cc2ccccc2[nH]1)[C@H]1CCC[C@@H](NCc2cc3cc(F)ccc3o2)C1. The van der Waals surface area contributed by atoms with Crippen LogP contribution < -0.4 is 5.32 Å². The number of fused-ring (bicyclic) bond motifs is 2. The molecular weight excluding hydrogens is 405 g/mol. The fraction of sp³-hybridized carbons (Fsp3) is 0.346. The van der Waals surface area contributed by atoms with Gasteiger partial charge < -0.3 is 19.6 Å². The monoisotopic (exact) mass is 433 g/mol. The van der Waals surface area contributed by atoms with Crippen molar-refractivity contribution < 1.29 is 13.6 Å². The molecule has 2 atom stereocenters. The van der Waals surface area contributed by atoms with Crippen molar-refractivity contribution in [2.24, 2.45) is 0 Å². The number of carbonyl (C=O) groups excluding carboxylic acids is 1. The number of carbonyl (C=O) groups is 1. The second-order valence-corrected chi connectivity index (χ2v) is 8.65. The molecule has 1 fully saturated rings. The number of aromatic nitrogens is 1. The summed E-state index contributed by atoms with van der Waals surface area (Å²) in [5.74, 6) is 0.607. The number of aromatic amines is 1. The number of hydrogen-bond acceptors (Lipinski definition) is 3. The Bertz CT molecular complexity index is 1210. The van der Waals surface area contributed by atoms with E-state index in [1.54, 1.807) is 6.07 Å². The Morgan fingerprint density at radius 3 is 2.88 bits per heavy atom. The maximum atomic E-state index is 13.4. The predicted molar refractivity (Wildman–Crippen MR) is 124 cm³/mol. The van der Waals surface area contributed by atoms with Gasteiger partial charge in [0.1, 0.15) is 22.9 Å². The number of para-hydroxylation sites is 1. The number of H-pyrrole nitrogens is 1. The van der Waals surface area contributed by atoms with Crippen molar-refractivity contribution in [3.8, 4) is 0 Å². The molecule has 2 aromatic heterocycles. The molecule has 5 nitrogen and oxygen atoms in total. The molecule has 1 aliphatic carbocycles. The number of furan rings is 1. The molecule has 2 aromatic carbocycles. The third-order valence-corrected chi connectivity index (χ3v) is 6.54. The summed E-state index contributed by atoms with van der Waals surface area (Å²) in [4.78, 5) is 18.6. The van der Waals surface area contributed by atoms with Crippen molar-refractivity contribution in [1.29, 1.82) is 0 Å². The van der Waals surface area contributed by atoms with Crippen molar-refractivity contribution >= 4 is 27.8 Å². The summed E-state index contributed by atoms with van der Waals surface area (Å²) < 4.78 is 19.3. The molecule has 6 heteroatoms. The van der Waals surface area contributed by atoms with Crippen LogP contribution >= 0.6 is 0 Å². The van der Waals surface area contributed by atoms with Crippen molar-refractivity contribution in [1.82, 2.24) is 15.2 Å². The molecule has 0 unspecified atom stereocenters. The number of halogens is 1. The van der Waals surface area contributed by atoms with Crippen LogP contribution in [0.2, 0.25) is 0 Å². The highest BCUT2D eigenvalue weighted by molar-refractivity contribution is 5.98. The maximum absolute atomic E-state index is 13.4. The standard InChI is InChI=1S/C26H28FN3O2/c1-2-30(26(31)24-14-17-6-3-4-9-23(17)29-24)21-8-5-7-20(15-21)28-16-22-13-18-12-19(27)10-11-25(18)32-22/h3-4,6,9-14,20-21,28-29H,2,5,7-8,15-16H2,1H3/t20-,21+/m1/s1. The van der Waals surface area contributed by atoms with Gasteiger partial charge in [0.25, 0.3) is 5.91 Å². The number of hydrogen-bond donors (Lipinski definition) is 2. The van der Waals surface area contributed by atoms with E-state index in [1.165, 1.54) is 12.1 Å². The van der Waals surface area contributed by atoms with Crippen LogP contribution in [0, 0.1) is 5.82 Å². The van der Waals surface area contributed by atoms with Crippen LogP contribution in [0.1, 0.15) is 48.9 Å². The number of nitrogens with zero attached hydrogens (tertiary/aromatic N) is 1. The fourth-order valence-electron chi connectivity index (χ4n) is 4.94. The molecule has 0 aliphatic heterocycles. The molecule has 0 saturated heterocycles. The smallest absolute Gasteiger partial charge is 0.270 e. The van der Waals surface area contributed by atoms with E-state index in [0.29, 0.717) is 30.4 Å². The van der Waals surface area contributed by atoms with Gasteiger partial charge in [0.05, 0.1) is 6.54 Å². The molecule has 2 N–H and O–H groups in total. The van der Waals surface area contributed by atoms with Gasteiger partial charge in [-0.15, -0.1) is 0 Å². The van der Waals surface area contributed by atoms with Crippen LogP contribution in [-0.4, -0.2) is 34.4 Å². The van der Waals surface area contributed by atoms with Gasteiger partial charge in [0.2, 0.25) is 0 Å². The second kappa shape index (κ2) is 8.79. The number of nitrogens with one attached hydrogen (secondary N) is 2. The Hall–Kier alpha value is -3.12. The van der Waals surface area contributed by atoms with E-state index in [1.807, 2.05) is 48.2 Å². The zero-order valence-corrected chi connectivity index (χ0v) is 18.2. The largest absolute Gasteiger partial charge is 0.460 e. The topological polar surface area (TPSA) is 61.3 Å². The first-order valence-corrected chi connectivity index (χ1v) is 11.4. The third kappa shape index (κ3) is 4.15. The lowest BCUT2D eigenvalue weighted by molar-refractivity contribution is 0.0622. The number of benzene rings is 2. The van der Waals surface area contributed by atoms with Crippen LogP contribution in [0.25, 0.3) is 21.9 Å². The van der Waals surface area contributed by atoms with Gasteiger partial charge in [0, 0.05) is 34.9 Å². The van der Waals surface area contributed by atoms with Gasteiger partial charge in [-0.3, -0.25) is 4.79 Å². The van der Waals surface area contributed by atoms with Gasteiger partial charge in [-0.25, -0.2) is 4.39 Å². The first-order valence-electron chi connectivity index (χ1n) is 11.4. The third-order valence-electron chi connectivity index (χ3n) is 6.54. The molecule has 0 spiro atoms. The predicted octanol–water partition coefficient (Wildman–Crippen LogP) is 5.62. The van der Waals surface area contributed by atoms with Crippen LogP contribution in [0.3, 0.4) is 0 Å². The first kappa shape index (κ1) is 20.8. The van der Waals surface area contributed by atoms with Crippen LogP contribution in [0.4, 0.5) is 4.39 Å². The van der Waals surface area contributed by atoms with Crippen molar-refractivity contribution in [3.05, 3.63) is 71.9 Å². The van der Waals surface area contributed by atoms with E-state index in [9.17, 15) is 9.18 Å². The zero-order valence-electron chi connectivity index (χ0n) is 18.2. The van der Waals surface area contributed by atoms with E-state index in [0.717, 1.165) is 47.7 Å². The summed E-state index contributed by atoms with van der Waals surface area (Å²) in [6.07, 6.45) is 4.07. The van der Waals surface area contributed by atoms with Gasteiger partial charge in [-0.2, -0.15) is 0 Å². The summed E-state index contributed by atoms with van der Waals surface area (Å²) >= 11 is 0. The van der Waals surface area contributed by atoms with E-state index < -0.39 is 0 Å². The van der Waals surface area contributed by atoms with Crippen molar-refractivity contribution in [2.75, 3.05) is 6.54 Å². The Balaban J connectivity index is 1.24. The van der Waals surface area contributed by atoms with Gasteiger partial charge in [-0.1, -0.05) is 18.2 Å². The van der Waals surface area contributed by atoms with E-state index in [4.69, 9.17) is 4.42 Å². The molecule has 0 bridgehead atoms. The first-order chi connectivity index (χ1) is 15.6. The van der Waals surface area contributed by atoms with Gasteiger partial charge >= 0.3 is 0 Å². The molecule has 1 saturated carbocycles. The summed E-state index contributed by atoms with van der Waals surface area (Å²) in [5, 5.41) is 5.43. The lowest BCUT2D eigenvalue weighted by Crippen LogP contribution is -2.46. The fourth-order valence-corrected chi connectivity index (χ4v) is 4.94. The van der Waals surface area contributed by atoms with Crippen molar-refractivity contribution in [3.63, 3.8) is 0 Å². The minimum atomic E-state index is -0.257. The maximum Gasteiger partial charge on any atom is 0.270 e. The molecule has 4 aromatic rings. The average molecular weight is 434 g/mol. The highest BCUT2D eigenvalue weighted by atomic mass is 19.1. The minimum Gasteiger partial charge on any atom is -0.460 e. The van der Waals surface area contributed by atoms with Gasteiger partial charge in [0.15, 0.2) is 0 Å².